The van der Waals surface area contributed by atoms with Crippen molar-refractivity contribution in [2.24, 2.45) is 0 Å². The summed E-state index contributed by atoms with van der Waals surface area (Å²) < 4.78 is 0. The molecule has 0 aliphatic rings. The number of hydrogen-bond acceptors (Lipinski definition) is 3. The molecule has 2 atom stereocenters. The third kappa shape index (κ3) is 3.48. The van der Waals surface area contributed by atoms with E-state index in [4.69, 9.17) is 5.11 Å². The standard InChI is InChI=1S/C14H19NO5/c1-14(2,3)15(13(19)20)10(11(16)12(17)18)9-7-5-4-6-8-9/h4-8,10-11,16H,1-3H3,(H,17,18)(H,19,20)/t10-,11+/m0/s1. The van der Waals surface area contributed by atoms with Crippen LogP contribution in [-0.2, 0) is 4.79 Å². The van der Waals surface area contributed by atoms with Crippen molar-refractivity contribution in [2.75, 3.05) is 0 Å². The largest absolute Gasteiger partial charge is 0.479 e. The van der Waals surface area contributed by atoms with Crippen LogP contribution in [0.2, 0.25) is 0 Å². The van der Waals surface area contributed by atoms with Gasteiger partial charge < -0.3 is 15.3 Å². The number of aliphatic carboxylic acids is 1. The van der Waals surface area contributed by atoms with Crippen LogP contribution in [0.1, 0.15) is 32.4 Å². The van der Waals surface area contributed by atoms with Crippen LogP contribution in [0.4, 0.5) is 4.79 Å². The highest BCUT2D eigenvalue weighted by molar-refractivity contribution is 5.75. The Morgan fingerprint density at radius 2 is 1.60 bits per heavy atom. The third-order valence-corrected chi connectivity index (χ3v) is 2.90. The number of carboxylic acid groups (broad SMARTS) is 2. The van der Waals surface area contributed by atoms with Crippen LogP contribution in [0.25, 0.3) is 0 Å². The van der Waals surface area contributed by atoms with E-state index in [0.29, 0.717) is 5.56 Å². The fourth-order valence-corrected chi connectivity index (χ4v) is 2.08. The molecule has 3 N–H and O–H groups in total. The van der Waals surface area contributed by atoms with Gasteiger partial charge >= 0.3 is 12.1 Å². The van der Waals surface area contributed by atoms with Gasteiger partial charge in [-0.15, -0.1) is 0 Å². The lowest BCUT2D eigenvalue weighted by atomic mass is 9.94. The summed E-state index contributed by atoms with van der Waals surface area (Å²) in [5, 5.41) is 28.4. The van der Waals surface area contributed by atoms with Gasteiger partial charge in [0.15, 0.2) is 6.10 Å². The van der Waals surface area contributed by atoms with Gasteiger partial charge in [-0.3, -0.25) is 4.90 Å². The minimum Gasteiger partial charge on any atom is -0.479 e. The minimum atomic E-state index is -1.84. The van der Waals surface area contributed by atoms with Gasteiger partial charge in [0.25, 0.3) is 0 Å². The number of aliphatic hydroxyl groups is 1. The van der Waals surface area contributed by atoms with Crippen molar-refractivity contribution in [3.8, 4) is 0 Å². The van der Waals surface area contributed by atoms with Crippen molar-refractivity contribution in [3.05, 3.63) is 35.9 Å². The van der Waals surface area contributed by atoms with Crippen molar-refractivity contribution in [1.82, 2.24) is 4.90 Å². The number of nitrogens with zero attached hydrogens (tertiary/aromatic N) is 1. The first-order valence-electron chi connectivity index (χ1n) is 6.14. The lowest BCUT2D eigenvalue weighted by Gasteiger charge is -2.40. The molecule has 6 nitrogen and oxygen atoms in total. The number of carbonyl (C=O) groups is 2. The molecule has 1 rings (SSSR count). The van der Waals surface area contributed by atoms with Gasteiger partial charge in [0, 0.05) is 5.54 Å². The van der Waals surface area contributed by atoms with Gasteiger partial charge in [0.2, 0.25) is 0 Å². The van der Waals surface area contributed by atoms with E-state index in [1.165, 1.54) is 0 Å². The van der Waals surface area contributed by atoms with E-state index >= 15 is 0 Å². The first kappa shape index (κ1) is 16.0. The van der Waals surface area contributed by atoms with Gasteiger partial charge in [-0.2, -0.15) is 0 Å². The maximum atomic E-state index is 11.5. The van der Waals surface area contributed by atoms with Crippen molar-refractivity contribution < 1.29 is 24.9 Å². The van der Waals surface area contributed by atoms with Crippen molar-refractivity contribution >= 4 is 12.1 Å². The molecule has 0 aliphatic heterocycles. The molecule has 0 bridgehead atoms. The Bertz CT molecular complexity index is 480. The molecule has 0 radical (unpaired) electrons. The first-order chi connectivity index (χ1) is 9.16. The Hall–Kier alpha value is -2.08. The smallest absolute Gasteiger partial charge is 0.408 e. The van der Waals surface area contributed by atoms with Crippen LogP contribution in [-0.4, -0.2) is 43.9 Å². The fraction of sp³-hybridized carbons (Fsp3) is 0.429. The molecule has 1 amide bonds. The summed E-state index contributed by atoms with van der Waals surface area (Å²) in [6, 6.07) is 7.08. The summed E-state index contributed by atoms with van der Waals surface area (Å²) in [4.78, 5) is 23.6. The number of hydrogen-bond donors (Lipinski definition) is 3. The lowest BCUT2D eigenvalue weighted by Crippen LogP contribution is -2.52. The molecule has 1 aromatic carbocycles. The van der Waals surface area contributed by atoms with Crippen LogP contribution in [0, 0.1) is 0 Å². The quantitative estimate of drug-likeness (QED) is 0.783. The Morgan fingerprint density at radius 1 is 1.10 bits per heavy atom. The minimum absolute atomic E-state index is 0.430. The summed E-state index contributed by atoms with van der Waals surface area (Å²) in [6.07, 6.45) is -3.13. The van der Waals surface area contributed by atoms with E-state index in [1.54, 1.807) is 51.1 Å². The molecule has 6 heteroatoms. The summed E-state index contributed by atoms with van der Waals surface area (Å²) in [7, 11) is 0. The van der Waals surface area contributed by atoms with E-state index in [1.807, 2.05) is 0 Å². The summed E-state index contributed by atoms with van der Waals surface area (Å²) in [5.41, 5.74) is -0.428. The highest BCUT2D eigenvalue weighted by atomic mass is 16.4. The molecule has 110 valence electrons. The van der Waals surface area contributed by atoms with Gasteiger partial charge in [0.1, 0.15) is 0 Å². The molecule has 0 fully saturated rings. The zero-order valence-corrected chi connectivity index (χ0v) is 11.6. The molecule has 0 unspecified atom stereocenters. The molecule has 0 spiro atoms. The third-order valence-electron chi connectivity index (χ3n) is 2.90. The normalized spacial score (nSPS) is 14.4. The average molecular weight is 281 g/mol. The van der Waals surface area contributed by atoms with Gasteiger partial charge in [-0.05, 0) is 26.3 Å². The first-order valence-corrected chi connectivity index (χ1v) is 6.14. The summed E-state index contributed by atoms with van der Waals surface area (Å²) in [6.45, 7) is 4.93. The maximum absolute atomic E-state index is 11.5. The fourth-order valence-electron chi connectivity index (χ4n) is 2.08. The lowest BCUT2D eigenvalue weighted by molar-refractivity contribution is -0.151. The highest BCUT2D eigenvalue weighted by Crippen LogP contribution is 2.31. The van der Waals surface area contributed by atoms with Crippen LogP contribution >= 0.6 is 0 Å². The highest BCUT2D eigenvalue weighted by Gasteiger charge is 2.40. The number of benzene rings is 1. The Labute approximate surface area is 117 Å². The maximum Gasteiger partial charge on any atom is 0.408 e. The molecular formula is C14H19NO5. The zero-order valence-electron chi connectivity index (χ0n) is 11.6. The van der Waals surface area contributed by atoms with Gasteiger partial charge in [0.05, 0.1) is 6.04 Å². The Morgan fingerprint density at radius 3 is 1.95 bits per heavy atom. The van der Waals surface area contributed by atoms with Crippen LogP contribution in [0.3, 0.4) is 0 Å². The summed E-state index contributed by atoms with van der Waals surface area (Å²) in [5.74, 6) is -1.46. The van der Waals surface area contributed by atoms with Gasteiger partial charge in [-0.25, -0.2) is 9.59 Å². The molecule has 20 heavy (non-hydrogen) atoms. The molecular weight excluding hydrogens is 262 g/mol. The van der Waals surface area contributed by atoms with Crippen molar-refractivity contribution in [3.63, 3.8) is 0 Å². The van der Waals surface area contributed by atoms with Crippen molar-refractivity contribution in [2.45, 2.75) is 38.5 Å². The number of amides is 1. The Balaban J connectivity index is 3.36. The topological polar surface area (TPSA) is 98.1 Å². The molecule has 0 saturated heterocycles. The van der Waals surface area contributed by atoms with Crippen LogP contribution in [0.5, 0.6) is 0 Å². The van der Waals surface area contributed by atoms with Crippen LogP contribution < -0.4 is 0 Å². The molecule has 0 heterocycles. The predicted molar refractivity (Wildman–Crippen MR) is 72.4 cm³/mol. The zero-order chi connectivity index (χ0) is 15.5. The van der Waals surface area contributed by atoms with E-state index < -0.39 is 29.7 Å². The van der Waals surface area contributed by atoms with E-state index in [9.17, 15) is 19.8 Å². The number of aliphatic hydroxyl groups excluding tert-OH is 1. The van der Waals surface area contributed by atoms with E-state index in [2.05, 4.69) is 0 Å². The van der Waals surface area contributed by atoms with E-state index in [0.717, 1.165) is 4.90 Å². The van der Waals surface area contributed by atoms with Gasteiger partial charge in [-0.1, -0.05) is 30.3 Å². The van der Waals surface area contributed by atoms with Crippen molar-refractivity contribution in [1.29, 1.82) is 0 Å². The second kappa shape index (κ2) is 5.92. The number of carboxylic acids is 1. The predicted octanol–water partition coefficient (Wildman–Crippen LogP) is 1.95. The SMILES string of the molecule is CC(C)(C)N(C(=O)O)[C@@H](c1ccccc1)[C@@H](O)C(=O)O. The van der Waals surface area contributed by atoms with E-state index in [-0.39, 0.29) is 0 Å². The monoisotopic (exact) mass is 281 g/mol. The summed E-state index contributed by atoms with van der Waals surface area (Å²) >= 11 is 0. The molecule has 1 aromatic rings. The molecule has 0 saturated carbocycles. The molecule has 0 aromatic heterocycles. The number of rotatable bonds is 4. The Kier molecular flexibility index (Phi) is 4.73. The second-order valence-electron chi connectivity index (χ2n) is 5.46. The second-order valence-corrected chi connectivity index (χ2v) is 5.46. The molecule has 0 aliphatic carbocycles. The van der Waals surface area contributed by atoms with Crippen LogP contribution in [0.15, 0.2) is 30.3 Å². The average Bonchev–Trinajstić information content (AvgIpc) is 2.33.